The SMILES string of the molecule is Cc1noc(N(C=O)c2ccccc2-c2sccc2S(N)(=O)=O)c1C. The predicted molar refractivity (Wildman–Crippen MR) is 95.3 cm³/mol. The lowest BCUT2D eigenvalue weighted by Crippen LogP contribution is -2.16. The lowest BCUT2D eigenvalue weighted by molar-refractivity contribution is -0.107. The Morgan fingerprint density at radius 1 is 1.24 bits per heavy atom. The van der Waals surface area contributed by atoms with Crippen molar-refractivity contribution in [2.75, 3.05) is 4.90 Å². The van der Waals surface area contributed by atoms with Crippen molar-refractivity contribution in [3.8, 4) is 10.4 Å². The predicted octanol–water partition coefficient (Wildman–Crippen LogP) is 2.96. The van der Waals surface area contributed by atoms with Crippen LogP contribution in [0.4, 0.5) is 11.6 Å². The van der Waals surface area contributed by atoms with Gasteiger partial charge in [-0.1, -0.05) is 23.4 Å². The molecule has 0 aliphatic heterocycles. The molecule has 0 radical (unpaired) electrons. The van der Waals surface area contributed by atoms with Crippen LogP contribution in [-0.4, -0.2) is 20.0 Å². The lowest BCUT2D eigenvalue weighted by atomic mass is 10.1. The number of nitrogens with two attached hydrogens (primary N) is 1. The topological polar surface area (TPSA) is 106 Å². The summed E-state index contributed by atoms with van der Waals surface area (Å²) in [6.07, 6.45) is 0.607. The third kappa shape index (κ3) is 3.09. The van der Waals surface area contributed by atoms with Crippen molar-refractivity contribution in [2.45, 2.75) is 18.7 Å². The van der Waals surface area contributed by atoms with Gasteiger partial charge >= 0.3 is 0 Å². The second kappa shape index (κ2) is 6.43. The number of thiophene rings is 1. The van der Waals surface area contributed by atoms with Crippen molar-refractivity contribution in [1.29, 1.82) is 0 Å². The Balaban J connectivity index is 2.22. The van der Waals surface area contributed by atoms with Gasteiger partial charge in [-0.3, -0.25) is 9.69 Å². The van der Waals surface area contributed by atoms with Gasteiger partial charge < -0.3 is 4.52 Å². The minimum atomic E-state index is -3.89. The molecule has 1 aromatic carbocycles. The molecular weight excluding hydrogens is 362 g/mol. The summed E-state index contributed by atoms with van der Waals surface area (Å²) in [5.41, 5.74) is 2.42. The smallest absolute Gasteiger partial charge is 0.241 e. The monoisotopic (exact) mass is 377 g/mol. The van der Waals surface area contributed by atoms with E-state index in [1.165, 1.54) is 22.3 Å². The maximum absolute atomic E-state index is 11.8. The first-order chi connectivity index (χ1) is 11.8. The Kier molecular flexibility index (Phi) is 4.46. The number of hydrogen-bond donors (Lipinski definition) is 1. The number of primary sulfonamides is 1. The zero-order valence-corrected chi connectivity index (χ0v) is 15.1. The van der Waals surface area contributed by atoms with Crippen LogP contribution in [0.2, 0.25) is 0 Å². The van der Waals surface area contributed by atoms with Crippen LogP contribution < -0.4 is 10.0 Å². The first-order valence-corrected chi connectivity index (χ1v) is 9.64. The van der Waals surface area contributed by atoms with E-state index in [4.69, 9.17) is 9.66 Å². The number of aryl methyl sites for hydroxylation is 1. The number of hydrogen-bond acceptors (Lipinski definition) is 6. The molecule has 3 aromatic rings. The van der Waals surface area contributed by atoms with Gasteiger partial charge in [-0.25, -0.2) is 13.6 Å². The summed E-state index contributed by atoms with van der Waals surface area (Å²) >= 11 is 1.23. The van der Waals surface area contributed by atoms with E-state index in [-0.39, 0.29) is 10.8 Å². The van der Waals surface area contributed by atoms with E-state index >= 15 is 0 Å². The molecule has 0 aliphatic rings. The third-order valence-electron chi connectivity index (χ3n) is 3.80. The number of benzene rings is 1. The summed E-state index contributed by atoms with van der Waals surface area (Å²) in [6, 6.07) is 8.38. The van der Waals surface area contributed by atoms with Crippen LogP contribution >= 0.6 is 11.3 Å². The largest absolute Gasteiger partial charge is 0.337 e. The minimum Gasteiger partial charge on any atom is -0.337 e. The molecule has 2 aromatic heterocycles. The van der Waals surface area contributed by atoms with Crippen LogP contribution in [-0.2, 0) is 14.8 Å². The molecule has 130 valence electrons. The van der Waals surface area contributed by atoms with Crippen LogP contribution in [0.1, 0.15) is 11.3 Å². The Morgan fingerprint density at radius 3 is 2.56 bits per heavy atom. The molecule has 7 nitrogen and oxygen atoms in total. The van der Waals surface area contributed by atoms with Crippen LogP contribution in [0, 0.1) is 13.8 Å². The number of nitrogens with zero attached hydrogens (tertiary/aromatic N) is 2. The number of amides is 1. The summed E-state index contributed by atoms with van der Waals surface area (Å²) in [7, 11) is -3.89. The van der Waals surface area contributed by atoms with Crippen LogP contribution in [0.15, 0.2) is 45.1 Å². The molecule has 0 aliphatic carbocycles. The van der Waals surface area contributed by atoms with Crippen LogP contribution in [0.25, 0.3) is 10.4 Å². The molecule has 0 atom stereocenters. The Bertz CT molecular complexity index is 1040. The van der Waals surface area contributed by atoms with E-state index < -0.39 is 10.0 Å². The maximum Gasteiger partial charge on any atom is 0.241 e. The minimum absolute atomic E-state index is 0.0151. The average Bonchev–Trinajstić information content (AvgIpc) is 3.18. The number of para-hydroxylation sites is 1. The van der Waals surface area contributed by atoms with Gasteiger partial charge in [0, 0.05) is 11.1 Å². The summed E-state index contributed by atoms with van der Waals surface area (Å²) in [5.74, 6) is 0.286. The Labute approximate surface area is 148 Å². The van der Waals surface area contributed by atoms with Crippen molar-refractivity contribution in [3.63, 3.8) is 0 Å². The van der Waals surface area contributed by atoms with Gasteiger partial charge in [0.15, 0.2) is 0 Å². The van der Waals surface area contributed by atoms with Crippen LogP contribution in [0.5, 0.6) is 0 Å². The molecule has 2 heterocycles. The first-order valence-electron chi connectivity index (χ1n) is 7.21. The van der Waals surface area contributed by atoms with Crippen LogP contribution in [0.3, 0.4) is 0 Å². The van der Waals surface area contributed by atoms with Gasteiger partial charge in [0.1, 0.15) is 4.90 Å². The molecule has 0 unspecified atom stereocenters. The normalized spacial score (nSPS) is 11.5. The molecular formula is C16H15N3O4S2. The summed E-state index contributed by atoms with van der Waals surface area (Å²) in [4.78, 5) is 13.5. The molecule has 3 rings (SSSR count). The average molecular weight is 377 g/mol. The fourth-order valence-corrected chi connectivity index (χ4v) is 4.46. The maximum atomic E-state index is 11.8. The highest BCUT2D eigenvalue weighted by atomic mass is 32.2. The number of anilines is 2. The van der Waals surface area contributed by atoms with Gasteiger partial charge in [-0.05, 0) is 31.4 Å². The molecule has 0 bridgehead atoms. The standard InChI is InChI=1S/C16H15N3O4S2/c1-10-11(2)18-23-16(10)19(9-20)13-6-4-3-5-12(13)15-14(7-8-24-15)25(17,21)22/h3-9H,1-2H3,(H2,17,21,22). The quantitative estimate of drug-likeness (QED) is 0.688. The molecule has 0 saturated carbocycles. The highest BCUT2D eigenvalue weighted by molar-refractivity contribution is 7.89. The number of carbonyl (C=O) groups is 1. The number of sulfonamides is 1. The van der Waals surface area contributed by atoms with E-state index in [1.54, 1.807) is 43.5 Å². The molecule has 0 spiro atoms. The Morgan fingerprint density at radius 2 is 1.96 bits per heavy atom. The summed E-state index contributed by atoms with van der Waals surface area (Å²) in [6.45, 7) is 3.57. The van der Waals surface area contributed by atoms with Crippen molar-refractivity contribution in [3.05, 3.63) is 47.0 Å². The number of carbonyl (C=O) groups excluding carboxylic acids is 1. The van der Waals surface area contributed by atoms with Crippen molar-refractivity contribution >= 4 is 39.3 Å². The van der Waals surface area contributed by atoms with E-state index in [0.717, 1.165) is 5.56 Å². The molecule has 0 saturated heterocycles. The van der Waals surface area contributed by atoms with Gasteiger partial charge in [0.2, 0.25) is 22.3 Å². The highest BCUT2D eigenvalue weighted by Crippen LogP contribution is 2.40. The van der Waals surface area contributed by atoms with Crippen molar-refractivity contribution < 1.29 is 17.7 Å². The summed E-state index contributed by atoms with van der Waals surface area (Å²) in [5, 5.41) is 10.8. The second-order valence-corrected chi connectivity index (χ2v) is 7.80. The molecule has 1 amide bonds. The van der Waals surface area contributed by atoms with Gasteiger partial charge in [0.25, 0.3) is 0 Å². The van der Waals surface area contributed by atoms with E-state index in [1.807, 2.05) is 0 Å². The summed E-state index contributed by atoms with van der Waals surface area (Å²) < 4.78 is 29.0. The first kappa shape index (κ1) is 17.3. The zero-order chi connectivity index (χ0) is 18.2. The molecule has 2 N–H and O–H groups in total. The molecule has 0 fully saturated rings. The van der Waals surface area contributed by atoms with E-state index in [0.29, 0.717) is 28.2 Å². The zero-order valence-electron chi connectivity index (χ0n) is 13.5. The van der Waals surface area contributed by atoms with Gasteiger partial charge in [-0.2, -0.15) is 0 Å². The highest BCUT2D eigenvalue weighted by Gasteiger charge is 2.24. The lowest BCUT2D eigenvalue weighted by Gasteiger charge is -2.18. The van der Waals surface area contributed by atoms with E-state index in [2.05, 4.69) is 5.16 Å². The fraction of sp³-hybridized carbons (Fsp3) is 0.125. The fourth-order valence-electron chi connectivity index (χ4n) is 2.44. The number of rotatable bonds is 5. The van der Waals surface area contributed by atoms with Gasteiger partial charge in [-0.15, -0.1) is 11.3 Å². The van der Waals surface area contributed by atoms with Gasteiger partial charge in [0.05, 0.1) is 16.3 Å². The van der Waals surface area contributed by atoms with E-state index in [9.17, 15) is 13.2 Å². The number of aromatic nitrogens is 1. The Hall–Kier alpha value is -2.49. The second-order valence-electron chi connectivity index (χ2n) is 5.35. The third-order valence-corrected chi connectivity index (χ3v) is 5.83. The van der Waals surface area contributed by atoms with Crippen molar-refractivity contribution in [2.24, 2.45) is 5.14 Å². The molecule has 25 heavy (non-hydrogen) atoms. The van der Waals surface area contributed by atoms with Crippen molar-refractivity contribution in [1.82, 2.24) is 5.16 Å². The molecule has 9 heteroatoms.